The van der Waals surface area contributed by atoms with Crippen LogP contribution in [-0.4, -0.2) is 104 Å². The SMILES string of the molecule is COC(=O)CC(CN1CC(Oc2ccc(CCB3O[C@@H]4C[C@@H]5C[C@@H](C5(C)C)[C@]4(C)O3)c(OC(=O)OC(C)(C)C)c2C(=O)OC(C)(C)C)C1)NC(=O)OC(C)(C)C. The first-order valence-electron chi connectivity index (χ1n) is 19.8. The average molecular weight is 787 g/mol. The number of hydrogen-bond donors (Lipinski definition) is 1. The number of aryl methyl sites for hydroxylation is 1. The van der Waals surface area contributed by atoms with Crippen molar-refractivity contribution in [2.45, 2.75) is 156 Å². The summed E-state index contributed by atoms with van der Waals surface area (Å²) in [4.78, 5) is 54.0. The molecule has 1 aromatic rings. The second-order valence-electron chi connectivity index (χ2n) is 19.5. The number of nitrogens with zero attached hydrogens (tertiary/aromatic N) is 1. The lowest BCUT2D eigenvalue weighted by atomic mass is 9.43. The van der Waals surface area contributed by atoms with Gasteiger partial charge in [-0.3, -0.25) is 9.69 Å². The van der Waals surface area contributed by atoms with Crippen molar-refractivity contribution in [3.05, 3.63) is 23.3 Å². The molecule has 0 radical (unpaired) electrons. The van der Waals surface area contributed by atoms with Crippen LogP contribution in [0.3, 0.4) is 0 Å². The molecule has 0 spiro atoms. The molecule has 1 unspecified atom stereocenters. The number of nitrogens with one attached hydrogen (secondary N) is 1. The molecule has 56 heavy (non-hydrogen) atoms. The Morgan fingerprint density at radius 1 is 0.929 bits per heavy atom. The summed E-state index contributed by atoms with van der Waals surface area (Å²) in [5.41, 5.74) is -2.08. The molecule has 5 atom stereocenters. The van der Waals surface area contributed by atoms with Gasteiger partial charge in [-0.1, -0.05) is 19.9 Å². The predicted molar refractivity (Wildman–Crippen MR) is 208 cm³/mol. The normalized spacial score (nSPS) is 25.2. The lowest BCUT2D eigenvalue weighted by Crippen LogP contribution is -2.65. The van der Waals surface area contributed by atoms with Crippen LogP contribution in [0.4, 0.5) is 9.59 Å². The highest BCUT2D eigenvalue weighted by molar-refractivity contribution is 6.45. The summed E-state index contributed by atoms with van der Waals surface area (Å²) in [7, 11) is 0.823. The van der Waals surface area contributed by atoms with E-state index in [1.54, 1.807) is 74.4 Å². The number of carbonyl (C=O) groups is 4. The van der Waals surface area contributed by atoms with Crippen LogP contribution in [0.15, 0.2) is 12.1 Å². The number of carbonyl (C=O) groups excluding carboxylic acids is 4. The van der Waals surface area contributed by atoms with Gasteiger partial charge in [0.05, 0.1) is 31.3 Å². The first-order chi connectivity index (χ1) is 25.8. The van der Waals surface area contributed by atoms with Gasteiger partial charge in [-0.05, 0) is 124 Å². The van der Waals surface area contributed by atoms with E-state index in [9.17, 15) is 19.2 Å². The fourth-order valence-electron chi connectivity index (χ4n) is 8.40. The topological polar surface area (TPSA) is 157 Å². The van der Waals surface area contributed by atoms with E-state index in [2.05, 4.69) is 26.1 Å². The van der Waals surface area contributed by atoms with E-state index in [1.165, 1.54) is 7.11 Å². The van der Waals surface area contributed by atoms with Crippen molar-refractivity contribution in [2.24, 2.45) is 17.3 Å². The van der Waals surface area contributed by atoms with Crippen LogP contribution in [0.2, 0.25) is 6.32 Å². The summed E-state index contributed by atoms with van der Waals surface area (Å²) >= 11 is 0. The Bertz CT molecular complexity index is 1640. The van der Waals surface area contributed by atoms with Crippen LogP contribution < -0.4 is 14.8 Å². The van der Waals surface area contributed by atoms with Gasteiger partial charge in [0.2, 0.25) is 0 Å². The zero-order valence-electron chi connectivity index (χ0n) is 35.6. The molecule has 15 heteroatoms. The van der Waals surface area contributed by atoms with Gasteiger partial charge >= 0.3 is 31.3 Å². The van der Waals surface area contributed by atoms with Crippen molar-refractivity contribution in [1.82, 2.24) is 10.2 Å². The number of benzene rings is 1. The molecule has 3 aliphatic carbocycles. The molecule has 1 N–H and O–H groups in total. The molecule has 1 amide bonds. The van der Waals surface area contributed by atoms with Gasteiger partial charge in [-0.15, -0.1) is 0 Å². The summed E-state index contributed by atoms with van der Waals surface area (Å²) in [6.07, 6.45) is 0.897. The molecular weight excluding hydrogens is 723 g/mol. The van der Waals surface area contributed by atoms with Gasteiger partial charge in [0.15, 0.2) is 5.75 Å². The molecule has 1 aromatic carbocycles. The van der Waals surface area contributed by atoms with Gasteiger partial charge in [0, 0.05) is 19.6 Å². The highest BCUT2D eigenvalue weighted by atomic mass is 16.7. The molecule has 6 rings (SSSR count). The number of ether oxygens (including phenoxy) is 6. The summed E-state index contributed by atoms with van der Waals surface area (Å²) in [5.74, 6) is -0.00293. The van der Waals surface area contributed by atoms with Crippen LogP contribution in [0.5, 0.6) is 11.5 Å². The third kappa shape index (κ3) is 10.5. The number of methoxy groups -OCH3 is 1. The Morgan fingerprint density at radius 2 is 1.57 bits per heavy atom. The maximum atomic E-state index is 14.0. The molecule has 14 nitrogen and oxygen atoms in total. The quantitative estimate of drug-likeness (QED) is 0.103. The smallest absolute Gasteiger partial charge is 0.487 e. The first kappa shape index (κ1) is 43.6. The number of likely N-dealkylation sites (tertiary alicyclic amines) is 1. The Kier molecular flexibility index (Phi) is 12.4. The molecular formula is C41H63BN2O12. The standard InChI is InChI=1S/C41H63BN2O12/c1-37(2,3)52-34(46)32-28(50-27-22-44(23-27)21-26(20-31(45)49-13)43-35(47)53-38(4,5)6)15-14-24(33(32)51-36(48)54-39(7,8)9)16-17-42-55-30-19-25-18-29(40(25,10)11)41(30,12)56-42/h14-15,25-27,29-30H,16-23H2,1-13H3,(H,43,47)/t25-,26?,29-,30+,41-/m0/s1. The van der Waals surface area contributed by atoms with E-state index in [-0.39, 0.29) is 46.7 Å². The van der Waals surface area contributed by atoms with Crippen molar-refractivity contribution in [2.75, 3.05) is 26.7 Å². The summed E-state index contributed by atoms with van der Waals surface area (Å²) < 4.78 is 47.1. The van der Waals surface area contributed by atoms with Gasteiger partial charge in [0.25, 0.3) is 0 Å². The minimum absolute atomic E-state index is 0.00750. The number of esters is 2. The van der Waals surface area contributed by atoms with Crippen LogP contribution in [-0.2, 0) is 39.5 Å². The molecule has 5 fully saturated rings. The Balaban J connectivity index is 1.36. The summed E-state index contributed by atoms with van der Waals surface area (Å²) in [6, 6.07) is 2.89. The summed E-state index contributed by atoms with van der Waals surface area (Å²) in [5, 5.41) is 2.77. The van der Waals surface area contributed by atoms with Gasteiger partial charge in [-0.2, -0.15) is 0 Å². The summed E-state index contributed by atoms with van der Waals surface area (Å²) in [6.45, 7) is 23.7. The van der Waals surface area contributed by atoms with Crippen LogP contribution >= 0.6 is 0 Å². The Hall–Kier alpha value is -3.56. The lowest BCUT2D eigenvalue weighted by Gasteiger charge is -2.64. The maximum Gasteiger partial charge on any atom is 0.514 e. The van der Waals surface area contributed by atoms with E-state index in [1.807, 2.05) is 4.90 Å². The largest absolute Gasteiger partial charge is 0.514 e. The second-order valence-corrected chi connectivity index (χ2v) is 19.5. The Labute approximate surface area is 332 Å². The fraction of sp³-hybridized carbons (Fsp3) is 0.756. The average Bonchev–Trinajstić information content (AvgIpc) is 3.36. The minimum Gasteiger partial charge on any atom is -0.487 e. The van der Waals surface area contributed by atoms with E-state index < -0.39 is 54.2 Å². The molecule has 2 heterocycles. The van der Waals surface area contributed by atoms with Gasteiger partial charge in [0.1, 0.15) is 34.2 Å². The van der Waals surface area contributed by atoms with Crippen molar-refractivity contribution >= 4 is 31.3 Å². The van der Waals surface area contributed by atoms with E-state index in [0.717, 1.165) is 12.8 Å². The van der Waals surface area contributed by atoms with Crippen molar-refractivity contribution in [1.29, 1.82) is 0 Å². The maximum absolute atomic E-state index is 14.0. The zero-order valence-corrected chi connectivity index (χ0v) is 35.6. The molecule has 2 saturated heterocycles. The monoisotopic (exact) mass is 786 g/mol. The number of amides is 1. The van der Waals surface area contributed by atoms with Crippen molar-refractivity contribution in [3.8, 4) is 11.5 Å². The molecule has 0 aromatic heterocycles. The van der Waals surface area contributed by atoms with Crippen LogP contribution in [0, 0.1) is 17.3 Å². The first-order valence-corrected chi connectivity index (χ1v) is 19.8. The molecule has 2 bridgehead atoms. The van der Waals surface area contributed by atoms with Crippen molar-refractivity contribution < 1.29 is 56.9 Å². The zero-order chi connectivity index (χ0) is 41.6. The van der Waals surface area contributed by atoms with Crippen LogP contribution in [0.25, 0.3) is 0 Å². The third-order valence-electron chi connectivity index (χ3n) is 11.1. The third-order valence-corrected chi connectivity index (χ3v) is 11.1. The number of rotatable bonds is 12. The number of alkyl carbamates (subject to hydrolysis) is 1. The second kappa shape index (κ2) is 16.0. The molecule has 3 saturated carbocycles. The predicted octanol–water partition coefficient (Wildman–Crippen LogP) is 6.75. The fourth-order valence-corrected chi connectivity index (χ4v) is 8.40. The molecule has 312 valence electrons. The lowest BCUT2D eigenvalue weighted by molar-refractivity contribution is -0.199. The minimum atomic E-state index is -0.974. The highest BCUT2D eigenvalue weighted by Crippen LogP contribution is 2.65. The number of hydrogen-bond acceptors (Lipinski definition) is 13. The van der Waals surface area contributed by atoms with Gasteiger partial charge < -0.3 is 43.0 Å². The molecule has 2 aliphatic heterocycles. The van der Waals surface area contributed by atoms with Gasteiger partial charge in [-0.25, -0.2) is 14.4 Å². The Morgan fingerprint density at radius 3 is 2.16 bits per heavy atom. The van der Waals surface area contributed by atoms with E-state index >= 15 is 0 Å². The van der Waals surface area contributed by atoms with Crippen molar-refractivity contribution in [3.63, 3.8) is 0 Å². The van der Waals surface area contributed by atoms with Crippen LogP contribution in [0.1, 0.15) is 118 Å². The van der Waals surface area contributed by atoms with E-state index in [0.29, 0.717) is 49.8 Å². The molecule has 5 aliphatic rings. The highest BCUT2D eigenvalue weighted by Gasteiger charge is 2.67. The van der Waals surface area contributed by atoms with E-state index in [4.69, 9.17) is 37.7 Å².